The minimum Gasteiger partial charge on any atom is -0.0817 e. The van der Waals surface area contributed by atoms with Crippen LogP contribution in [0.15, 0.2) is 23.8 Å². The van der Waals surface area contributed by atoms with Gasteiger partial charge in [0, 0.05) is 0 Å². The molecular formula is C16H29. The maximum atomic E-state index is 3.91. The lowest BCUT2D eigenvalue weighted by Gasteiger charge is -2.11. The van der Waals surface area contributed by atoms with Gasteiger partial charge >= 0.3 is 0 Å². The number of hydrogen-bond acceptors (Lipinski definition) is 0. The largest absolute Gasteiger partial charge is 0.0817 e. The second kappa shape index (κ2) is 9.69. The van der Waals surface area contributed by atoms with E-state index in [0.717, 1.165) is 12.3 Å². The van der Waals surface area contributed by atoms with Crippen molar-refractivity contribution in [1.29, 1.82) is 0 Å². The van der Waals surface area contributed by atoms with Gasteiger partial charge in [-0.3, -0.25) is 0 Å². The maximum absolute atomic E-state index is 3.91. The standard InChI is InChI=1S/C16H29/c1-6-9-15(4)12-8-13-16(5)11-7-10-14(2)3/h7,10-11,15-16H,1,6,8-9,12-13H2,2-5H3/b11-7+. The molecule has 93 valence electrons. The molecule has 0 aliphatic heterocycles. The van der Waals surface area contributed by atoms with Crippen molar-refractivity contribution >= 4 is 0 Å². The molecule has 2 unspecified atom stereocenters. The summed E-state index contributed by atoms with van der Waals surface area (Å²) in [4.78, 5) is 0. The fraction of sp³-hybridized carbons (Fsp3) is 0.688. The van der Waals surface area contributed by atoms with Crippen LogP contribution >= 0.6 is 0 Å². The topological polar surface area (TPSA) is 0 Å². The molecule has 0 aliphatic rings. The van der Waals surface area contributed by atoms with Crippen molar-refractivity contribution < 1.29 is 0 Å². The quantitative estimate of drug-likeness (QED) is 0.470. The third-order valence-electron chi connectivity index (χ3n) is 2.92. The summed E-state index contributed by atoms with van der Waals surface area (Å²) in [6.45, 7) is 12.8. The summed E-state index contributed by atoms with van der Waals surface area (Å²) >= 11 is 0. The monoisotopic (exact) mass is 221 g/mol. The summed E-state index contributed by atoms with van der Waals surface area (Å²) in [6, 6.07) is 0. The predicted molar refractivity (Wildman–Crippen MR) is 75.3 cm³/mol. The van der Waals surface area contributed by atoms with E-state index in [1.807, 2.05) is 0 Å². The van der Waals surface area contributed by atoms with Crippen molar-refractivity contribution in [3.05, 3.63) is 30.7 Å². The summed E-state index contributed by atoms with van der Waals surface area (Å²) in [5, 5.41) is 0. The molecule has 0 saturated heterocycles. The fourth-order valence-corrected chi connectivity index (χ4v) is 1.81. The second-order valence-electron chi connectivity index (χ2n) is 5.28. The van der Waals surface area contributed by atoms with Gasteiger partial charge in [0.2, 0.25) is 0 Å². The number of hydrogen-bond donors (Lipinski definition) is 0. The van der Waals surface area contributed by atoms with Gasteiger partial charge in [-0.15, -0.1) is 0 Å². The van der Waals surface area contributed by atoms with Crippen LogP contribution in [-0.4, -0.2) is 0 Å². The molecule has 0 aromatic rings. The van der Waals surface area contributed by atoms with Crippen molar-refractivity contribution in [2.45, 2.75) is 59.8 Å². The first-order valence-electron chi connectivity index (χ1n) is 6.67. The van der Waals surface area contributed by atoms with Crippen molar-refractivity contribution in [2.75, 3.05) is 0 Å². The first-order valence-corrected chi connectivity index (χ1v) is 6.67. The van der Waals surface area contributed by atoms with E-state index >= 15 is 0 Å². The lowest BCUT2D eigenvalue weighted by molar-refractivity contribution is 0.450. The van der Waals surface area contributed by atoms with Crippen molar-refractivity contribution in [1.82, 2.24) is 0 Å². The first-order chi connectivity index (χ1) is 7.56. The van der Waals surface area contributed by atoms with Gasteiger partial charge in [-0.05, 0) is 32.1 Å². The minimum absolute atomic E-state index is 0.711. The molecule has 0 spiro atoms. The molecule has 0 aromatic heterocycles. The molecule has 0 amide bonds. The molecular weight excluding hydrogens is 192 g/mol. The summed E-state index contributed by atoms with van der Waals surface area (Å²) in [5.41, 5.74) is 1.37. The van der Waals surface area contributed by atoms with Crippen LogP contribution in [0.25, 0.3) is 0 Å². The highest BCUT2D eigenvalue weighted by atomic mass is 14.1. The minimum atomic E-state index is 0.711. The Bertz CT molecular complexity index is 206. The summed E-state index contributed by atoms with van der Waals surface area (Å²) in [6.07, 6.45) is 13.1. The average Bonchev–Trinajstić information content (AvgIpc) is 2.17. The van der Waals surface area contributed by atoms with E-state index in [1.165, 1.54) is 31.3 Å². The summed E-state index contributed by atoms with van der Waals surface area (Å²) in [5.74, 6) is 1.56. The Hall–Kier alpha value is -0.520. The zero-order chi connectivity index (χ0) is 12.4. The molecule has 0 rings (SSSR count). The van der Waals surface area contributed by atoms with Crippen LogP contribution in [-0.2, 0) is 0 Å². The van der Waals surface area contributed by atoms with E-state index in [4.69, 9.17) is 0 Å². The zero-order valence-corrected chi connectivity index (χ0v) is 11.6. The van der Waals surface area contributed by atoms with Gasteiger partial charge in [-0.25, -0.2) is 0 Å². The Labute approximate surface area is 103 Å². The first kappa shape index (κ1) is 15.5. The van der Waals surface area contributed by atoms with Crippen molar-refractivity contribution in [3.63, 3.8) is 0 Å². The van der Waals surface area contributed by atoms with Gasteiger partial charge in [0.05, 0.1) is 0 Å². The summed E-state index contributed by atoms with van der Waals surface area (Å²) in [7, 11) is 0. The molecule has 0 bridgehead atoms. The number of allylic oxidation sites excluding steroid dienone is 4. The lowest BCUT2D eigenvalue weighted by Crippen LogP contribution is -1.96. The predicted octanol–water partition coefficient (Wildman–Crippen LogP) is 5.57. The molecule has 0 nitrogen and oxygen atoms in total. The van der Waals surface area contributed by atoms with Crippen LogP contribution < -0.4 is 0 Å². The molecule has 0 saturated carbocycles. The molecule has 0 aromatic carbocycles. The molecule has 0 heterocycles. The Morgan fingerprint density at radius 1 is 1.12 bits per heavy atom. The fourth-order valence-electron chi connectivity index (χ4n) is 1.81. The average molecular weight is 221 g/mol. The number of rotatable bonds is 8. The SMILES string of the molecule is [CH2]CCC(C)CCCC(C)/C=C/C=C(C)C. The molecule has 0 heteroatoms. The highest BCUT2D eigenvalue weighted by molar-refractivity contribution is 5.08. The third-order valence-corrected chi connectivity index (χ3v) is 2.92. The van der Waals surface area contributed by atoms with E-state index in [2.05, 4.69) is 52.8 Å². The Kier molecular flexibility index (Phi) is 9.37. The van der Waals surface area contributed by atoms with Crippen molar-refractivity contribution in [2.24, 2.45) is 11.8 Å². The Balaban J connectivity index is 3.61. The van der Waals surface area contributed by atoms with Crippen LogP contribution in [0.3, 0.4) is 0 Å². The van der Waals surface area contributed by atoms with Crippen LogP contribution in [0.1, 0.15) is 59.8 Å². The maximum Gasteiger partial charge on any atom is -0.0259 e. The molecule has 0 N–H and O–H groups in total. The molecule has 0 fully saturated rings. The van der Waals surface area contributed by atoms with Crippen LogP contribution in [0.2, 0.25) is 0 Å². The van der Waals surface area contributed by atoms with E-state index in [0.29, 0.717) is 5.92 Å². The molecule has 16 heavy (non-hydrogen) atoms. The van der Waals surface area contributed by atoms with E-state index in [1.54, 1.807) is 0 Å². The zero-order valence-electron chi connectivity index (χ0n) is 11.6. The Morgan fingerprint density at radius 2 is 1.81 bits per heavy atom. The molecule has 1 radical (unpaired) electrons. The van der Waals surface area contributed by atoms with E-state index in [-0.39, 0.29) is 0 Å². The van der Waals surface area contributed by atoms with Gasteiger partial charge < -0.3 is 0 Å². The van der Waals surface area contributed by atoms with Gasteiger partial charge in [0.15, 0.2) is 0 Å². The summed E-state index contributed by atoms with van der Waals surface area (Å²) < 4.78 is 0. The van der Waals surface area contributed by atoms with E-state index in [9.17, 15) is 0 Å². The van der Waals surface area contributed by atoms with E-state index < -0.39 is 0 Å². The Morgan fingerprint density at radius 3 is 2.38 bits per heavy atom. The highest BCUT2D eigenvalue weighted by Crippen LogP contribution is 2.17. The van der Waals surface area contributed by atoms with Crippen LogP contribution in [0.4, 0.5) is 0 Å². The van der Waals surface area contributed by atoms with Crippen molar-refractivity contribution in [3.8, 4) is 0 Å². The van der Waals surface area contributed by atoms with Gasteiger partial charge in [0.1, 0.15) is 0 Å². The normalized spacial score (nSPS) is 15.1. The molecule has 0 aliphatic carbocycles. The second-order valence-corrected chi connectivity index (χ2v) is 5.28. The molecule has 2 atom stereocenters. The van der Waals surface area contributed by atoms with Crippen LogP contribution in [0.5, 0.6) is 0 Å². The van der Waals surface area contributed by atoms with Gasteiger partial charge in [0.25, 0.3) is 0 Å². The third kappa shape index (κ3) is 10.0. The highest BCUT2D eigenvalue weighted by Gasteiger charge is 2.02. The van der Waals surface area contributed by atoms with Gasteiger partial charge in [-0.1, -0.05) is 70.3 Å². The smallest absolute Gasteiger partial charge is 0.0259 e. The lowest BCUT2D eigenvalue weighted by atomic mass is 9.95. The van der Waals surface area contributed by atoms with Crippen LogP contribution in [0, 0.1) is 18.8 Å². The van der Waals surface area contributed by atoms with Gasteiger partial charge in [-0.2, -0.15) is 0 Å².